The summed E-state index contributed by atoms with van der Waals surface area (Å²) in [7, 11) is -4.46. The Morgan fingerprint density at radius 3 is 1.78 bits per heavy atom. The monoisotopic (exact) mass is 877 g/mol. The number of nitro groups is 1. The maximum absolute atomic E-state index is 13.9. The number of sulfonamides is 1. The summed E-state index contributed by atoms with van der Waals surface area (Å²) in [5, 5.41) is 32.9. The molecule has 8 rings (SSSR count). The van der Waals surface area contributed by atoms with Crippen LogP contribution in [-0.4, -0.2) is 51.3 Å². The second kappa shape index (κ2) is 18.9. The zero-order chi connectivity index (χ0) is 41.6. The number of anilines is 4. The fourth-order valence-corrected chi connectivity index (χ4v) is 7.74. The molecule has 0 atom stereocenters. The van der Waals surface area contributed by atoms with Gasteiger partial charge in [0.1, 0.15) is 36.1 Å². The van der Waals surface area contributed by atoms with Gasteiger partial charge in [0.2, 0.25) is 0 Å². The minimum atomic E-state index is -4.46. The van der Waals surface area contributed by atoms with Crippen molar-refractivity contribution in [2.75, 3.05) is 39.1 Å². The number of carbonyl (C=O) groups is 3. The van der Waals surface area contributed by atoms with E-state index < -0.39 is 61.1 Å². The van der Waals surface area contributed by atoms with Crippen molar-refractivity contribution < 1.29 is 70.9 Å². The molecule has 19 heteroatoms. The van der Waals surface area contributed by atoms with E-state index in [1.165, 1.54) is 15.9 Å². The third-order valence-electron chi connectivity index (χ3n) is 9.34. The molecule has 3 amide bonds. The van der Waals surface area contributed by atoms with Gasteiger partial charge in [0.05, 0.1) is 15.5 Å². The Balaban J connectivity index is 0.000000213. The van der Waals surface area contributed by atoms with Crippen LogP contribution in [0.1, 0.15) is 22.3 Å². The molecule has 0 aromatic heterocycles. The van der Waals surface area contributed by atoms with Gasteiger partial charge >= 0.3 is 25.6 Å². The maximum Gasteiger partial charge on any atom is 2.00 e. The van der Waals surface area contributed by atoms with Crippen molar-refractivity contribution in [3.05, 3.63) is 153 Å². The Hall–Kier alpha value is -6.46. The Kier molecular flexibility index (Phi) is 14.0. The molecule has 15 nitrogen and oxygen atoms in total. The molecule has 1 N–H and O–H groups in total. The van der Waals surface area contributed by atoms with Crippen LogP contribution in [0.15, 0.2) is 114 Å². The van der Waals surface area contributed by atoms with Crippen LogP contribution < -0.4 is 29.6 Å². The Bertz CT molecular complexity index is 2430. The number of nitrogens with zero attached hydrogens (tertiary/aromatic N) is 4. The average molecular weight is 879 g/mol. The van der Waals surface area contributed by atoms with Crippen molar-refractivity contribution in [3.63, 3.8) is 0 Å². The molecular weight excluding hydrogens is 846 g/mol. The molecule has 0 saturated carbocycles. The van der Waals surface area contributed by atoms with Gasteiger partial charge in [-0.3, -0.25) is 19.7 Å². The summed E-state index contributed by atoms with van der Waals surface area (Å²) in [6.45, 7) is 1.07. The fourth-order valence-electron chi connectivity index (χ4n) is 6.60. The number of halogens is 2. The number of amides is 3. The Morgan fingerprint density at radius 2 is 1.24 bits per heavy atom. The minimum absolute atomic E-state index is 0. The summed E-state index contributed by atoms with van der Waals surface area (Å²) in [6, 6.07) is 28.1. The molecule has 5 aromatic carbocycles. The van der Waals surface area contributed by atoms with Crippen LogP contribution in [0.25, 0.3) is 0 Å². The molecule has 0 spiro atoms. The smallest absolute Gasteiger partial charge is 0.530 e. The van der Waals surface area contributed by atoms with Crippen molar-refractivity contribution >= 4 is 56.7 Å². The summed E-state index contributed by atoms with van der Waals surface area (Å²) >= 11 is 0. The molecular formula is C40H33F2N5O10SZn. The average Bonchev–Trinajstić information content (AvgIpc) is 3.96. The van der Waals surface area contributed by atoms with Crippen molar-refractivity contribution in [1.29, 1.82) is 0 Å². The van der Waals surface area contributed by atoms with E-state index in [2.05, 4.69) is 0 Å². The molecule has 3 aliphatic heterocycles. The van der Waals surface area contributed by atoms with Crippen molar-refractivity contribution in [2.24, 2.45) is 0 Å². The van der Waals surface area contributed by atoms with Gasteiger partial charge in [-0.15, -0.1) is 0 Å². The molecule has 59 heavy (non-hydrogen) atoms. The molecule has 0 unspecified atom stereocenters. The van der Waals surface area contributed by atoms with Gasteiger partial charge in [0.15, 0.2) is 0 Å². The molecule has 0 bridgehead atoms. The molecule has 0 saturated heterocycles. The summed E-state index contributed by atoms with van der Waals surface area (Å²) in [4.78, 5) is 47.9. The Labute approximate surface area is 349 Å². The molecule has 0 aliphatic carbocycles. The van der Waals surface area contributed by atoms with Crippen LogP contribution in [0, 0.1) is 21.7 Å². The molecule has 5 aromatic rings. The van der Waals surface area contributed by atoms with E-state index in [1.54, 1.807) is 42.5 Å². The van der Waals surface area contributed by atoms with Gasteiger partial charge < -0.3 is 34.3 Å². The number of ether oxygens (including phenoxy) is 1. The van der Waals surface area contributed by atoms with Crippen LogP contribution in [0.4, 0.5) is 51.6 Å². The zero-order valence-electron chi connectivity index (χ0n) is 31.1. The van der Waals surface area contributed by atoms with E-state index in [4.69, 9.17) is 4.74 Å². The number of fused-ring (bicyclic) bond motifs is 3. The number of carboxylic acid groups (broad SMARTS) is 2. The first kappa shape index (κ1) is 43.7. The van der Waals surface area contributed by atoms with Crippen LogP contribution in [-0.2, 0) is 60.1 Å². The zero-order valence-corrected chi connectivity index (χ0v) is 34.9. The summed E-state index contributed by atoms with van der Waals surface area (Å²) in [6.07, 6.45) is -1.30. The standard InChI is InChI=1S/C22H17F2N3O6S.2C9H9NO2.Zn/c23-16-6-7-19(18(24)11-16)25-34(31,32)17-10-15-8-9-26(21(15)20(12-17)27(29)30)22(28)33-13-14-4-2-1-3-5-14;2*11-9(12)10-6-5-7-3-1-2-4-8(7)10;/h1-7,10-12,25H,8-9,13H2;2*1-4H,5-6H2,(H,11,12);/q;;;+2/p-2. The molecule has 0 radical (unpaired) electrons. The minimum Gasteiger partial charge on any atom is -0.530 e. The molecule has 0 fully saturated rings. The number of benzene rings is 5. The van der Waals surface area contributed by atoms with Gasteiger partial charge in [0, 0.05) is 43.1 Å². The van der Waals surface area contributed by atoms with Gasteiger partial charge in [-0.1, -0.05) is 66.7 Å². The summed E-state index contributed by atoms with van der Waals surface area (Å²) < 4.78 is 59.8. The maximum atomic E-state index is 13.9. The van der Waals surface area contributed by atoms with Gasteiger partial charge in [-0.2, -0.15) is 0 Å². The number of nitrogens with one attached hydrogen (secondary N) is 1. The van der Waals surface area contributed by atoms with Crippen molar-refractivity contribution in [3.8, 4) is 0 Å². The van der Waals surface area contributed by atoms with Crippen LogP contribution >= 0.6 is 0 Å². The first-order chi connectivity index (χ1) is 27.7. The number of hydrogen-bond acceptors (Lipinski definition) is 10. The van der Waals surface area contributed by atoms with Crippen LogP contribution in [0.2, 0.25) is 0 Å². The van der Waals surface area contributed by atoms with Gasteiger partial charge in [-0.05, 0) is 71.8 Å². The van der Waals surface area contributed by atoms with Gasteiger partial charge in [0.25, 0.3) is 15.7 Å². The molecule has 300 valence electrons. The second-order valence-corrected chi connectivity index (χ2v) is 14.7. The van der Waals surface area contributed by atoms with Crippen molar-refractivity contribution in [1.82, 2.24) is 0 Å². The van der Waals surface area contributed by atoms with Crippen LogP contribution in [0.3, 0.4) is 0 Å². The fraction of sp³-hybridized carbons (Fsp3) is 0.175. The van der Waals surface area contributed by atoms with E-state index >= 15 is 0 Å². The topological polar surface area (TPSA) is 206 Å². The SMILES string of the molecule is O=C(OCc1ccccc1)N1CCc2cc(S(=O)(=O)Nc3ccc(F)cc3F)cc([N+](=O)[O-])c21.O=C([O-])N1CCc2ccccc21.O=C([O-])N1CCc2ccccc21.[Zn+2]. The third-order valence-corrected chi connectivity index (χ3v) is 10.7. The van der Waals surface area contributed by atoms with E-state index in [1.807, 2.05) is 41.1 Å². The Morgan fingerprint density at radius 1 is 0.712 bits per heavy atom. The van der Waals surface area contributed by atoms with E-state index in [0.29, 0.717) is 19.2 Å². The third kappa shape index (κ3) is 10.2. The normalized spacial score (nSPS) is 13.3. The number of nitro benzene ring substituents is 1. The van der Waals surface area contributed by atoms with E-state index in [0.717, 1.165) is 64.0 Å². The summed E-state index contributed by atoms with van der Waals surface area (Å²) in [5.74, 6) is -2.04. The number of hydrogen-bond donors (Lipinski definition) is 1. The van der Waals surface area contributed by atoms with E-state index in [-0.39, 0.29) is 50.3 Å². The number of rotatable bonds is 6. The predicted molar refractivity (Wildman–Crippen MR) is 204 cm³/mol. The predicted octanol–water partition coefficient (Wildman–Crippen LogP) is 5.16. The van der Waals surface area contributed by atoms with Crippen LogP contribution in [0.5, 0.6) is 0 Å². The largest absolute Gasteiger partial charge is 2.00 e. The first-order valence-electron chi connectivity index (χ1n) is 17.6. The van der Waals surface area contributed by atoms with Crippen molar-refractivity contribution in [2.45, 2.75) is 30.8 Å². The quantitative estimate of drug-likeness (QED) is 0.135. The first-order valence-corrected chi connectivity index (χ1v) is 19.1. The number of para-hydroxylation sites is 2. The van der Waals surface area contributed by atoms with E-state index in [9.17, 15) is 51.9 Å². The number of carbonyl (C=O) groups excluding carboxylic acids is 3. The van der Waals surface area contributed by atoms with Gasteiger partial charge in [-0.25, -0.2) is 22.0 Å². The molecule has 3 heterocycles. The molecule has 3 aliphatic rings. The summed E-state index contributed by atoms with van der Waals surface area (Å²) in [5.41, 5.74) is 3.49. The second-order valence-electron chi connectivity index (χ2n) is 13.0.